The van der Waals surface area contributed by atoms with E-state index in [2.05, 4.69) is 10.2 Å². The van der Waals surface area contributed by atoms with Crippen molar-refractivity contribution in [2.75, 3.05) is 0 Å². The van der Waals surface area contributed by atoms with Crippen molar-refractivity contribution in [3.05, 3.63) is 92.9 Å². The molecule has 0 aliphatic heterocycles. The Labute approximate surface area is 199 Å². The molecule has 0 unspecified atom stereocenters. The topological polar surface area (TPSA) is 73.8 Å². The Morgan fingerprint density at radius 3 is 2.45 bits per heavy atom. The van der Waals surface area contributed by atoms with Gasteiger partial charge in [-0.1, -0.05) is 60.3 Å². The first-order valence-corrected chi connectivity index (χ1v) is 12.3. The summed E-state index contributed by atoms with van der Waals surface area (Å²) in [5, 5.41) is 9.63. The number of fused-ring (bicyclic) bond motifs is 1. The molecule has 0 saturated heterocycles. The lowest BCUT2D eigenvalue weighted by atomic mass is 10.2. The second-order valence-corrected chi connectivity index (χ2v) is 10.3. The van der Waals surface area contributed by atoms with Gasteiger partial charge in [-0.25, -0.2) is 4.98 Å². The number of nitrogens with zero attached hydrogens (tertiary/aromatic N) is 4. The summed E-state index contributed by atoms with van der Waals surface area (Å²) in [6.07, 6.45) is 0. The van der Waals surface area contributed by atoms with Crippen LogP contribution in [-0.4, -0.2) is 19.7 Å². The first-order valence-electron chi connectivity index (χ1n) is 10.6. The minimum atomic E-state index is -0.177. The molecule has 0 aliphatic rings. The molecule has 0 N–H and O–H groups in total. The summed E-state index contributed by atoms with van der Waals surface area (Å²) >= 11 is 3.01. The summed E-state index contributed by atoms with van der Waals surface area (Å²) in [5.74, 6) is 0.977. The Morgan fingerprint density at radius 1 is 1.03 bits per heavy atom. The van der Waals surface area contributed by atoms with Crippen LogP contribution in [0.25, 0.3) is 21.7 Å². The first kappa shape index (κ1) is 21.6. The minimum Gasteiger partial charge on any atom is -0.419 e. The zero-order chi connectivity index (χ0) is 22.9. The first-order chi connectivity index (χ1) is 16.0. The molecule has 1 atom stereocenters. The van der Waals surface area contributed by atoms with Gasteiger partial charge in [0.15, 0.2) is 5.16 Å². The van der Waals surface area contributed by atoms with E-state index in [1.165, 1.54) is 11.8 Å². The molecule has 3 aromatic heterocycles. The fourth-order valence-electron chi connectivity index (χ4n) is 3.61. The predicted molar refractivity (Wildman–Crippen MR) is 133 cm³/mol. The number of hydrogen-bond donors (Lipinski definition) is 0. The second-order valence-electron chi connectivity index (χ2n) is 7.81. The highest BCUT2D eigenvalue weighted by atomic mass is 32.2. The van der Waals surface area contributed by atoms with Gasteiger partial charge in [0.25, 0.3) is 5.56 Å². The van der Waals surface area contributed by atoms with Crippen molar-refractivity contribution in [3.63, 3.8) is 0 Å². The Balaban J connectivity index is 1.53. The lowest BCUT2D eigenvalue weighted by Gasteiger charge is -2.14. The molecular formula is C25H22N4O2S2. The van der Waals surface area contributed by atoms with E-state index in [-0.39, 0.29) is 10.8 Å². The summed E-state index contributed by atoms with van der Waals surface area (Å²) in [6.45, 7) is 6.46. The average Bonchev–Trinajstić information content (AvgIpc) is 3.43. The largest absolute Gasteiger partial charge is 0.419 e. The van der Waals surface area contributed by atoms with Crippen LogP contribution >= 0.6 is 23.1 Å². The van der Waals surface area contributed by atoms with Crippen LogP contribution in [0.2, 0.25) is 0 Å². The van der Waals surface area contributed by atoms with Crippen LogP contribution < -0.4 is 5.56 Å². The molecule has 0 radical (unpaired) electrons. The molecule has 0 amide bonds. The SMILES string of the molecule is Cc1sc2nc(S[C@@H](C)c3nnc(-c4ccccc4)o3)n(Cc3ccccc3)c(=O)c2c1C. The zero-order valence-corrected chi connectivity index (χ0v) is 20.1. The van der Waals surface area contributed by atoms with Crippen LogP contribution in [-0.2, 0) is 6.54 Å². The maximum atomic E-state index is 13.6. The van der Waals surface area contributed by atoms with Gasteiger partial charge in [-0.05, 0) is 44.0 Å². The van der Waals surface area contributed by atoms with Crippen molar-refractivity contribution >= 4 is 33.3 Å². The van der Waals surface area contributed by atoms with Crippen LogP contribution in [0.1, 0.15) is 34.1 Å². The highest BCUT2D eigenvalue weighted by Crippen LogP contribution is 2.36. The Morgan fingerprint density at radius 2 is 1.73 bits per heavy atom. The highest BCUT2D eigenvalue weighted by molar-refractivity contribution is 7.99. The van der Waals surface area contributed by atoms with Gasteiger partial charge in [-0.3, -0.25) is 9.36 Å². The predicted octanol–water partition coefficient (Wildman–Crippen LogP) is 6.03. The van der Waals surface area contributed by atoms with Gasteiger partial charge in [0.05, 0.1) is 17.2 Å². The van der Waals surface area contributed by atoms with Crippen LogP contribution in [0.5, 0.6) is 0 Å². The van der Waals surface area contributed by atoms with Gasteiger partial charge in [-0.2, -0.15) is 0 Å². The Kier molecular flexibility index (Phi) is 5.86. The second kappa shape index (κ2) is 8.96. The third-order valence-electron chi connectivity index (χ3n) is 5.53. The summed E-state index contributed by atoms with van der Waals surface area (Å²) in [4.78, 5) is 20.3. The van der Waals surface area contributed by atoms with Crippen LogP contribution in [0, 0.1) is 13.8 Å². The van der Waals surface area contributed by atoms with Gasteiger partial charge >= 0.3 is 0 Å². The van der Waals surface area contributed by atoms with Gasteiger partial charge in [0.2, 0.25) is 11.8 Å². The number of aromatic nitrogens is 4. The average molecular weight is 475 g/mol. The molecule has 6 nitrogen and oxygen atoms in total. The number of benzene rings is 2. The molecule has 2 aromatic carbocycles. The summed E-state index contributed by atoms with van der Waals surface area (Å²) in [6, 6.07) is 19.6. The monoisotopic (exact) mass is 474 g/mol. The Hall–Kier alpha value is -3.23. The van der Waals surface area contributed by atoms with E-state index in [0.717, 1.165) is 26.4 Å². The molecule has 3 heterocycles. The van der Waals surface area contributed by atoms with E-state index in [1.807, 2.05) is 81.4 Å². The van der Waals surface area contributed by atoms with E-state index in [9.17, 15) is 4.79 Å². The van der Waals surface area contributed by atoms with E-state index in [0.29, 0.717) is 28.9 Å². The van der Waals surface area contributed by atoms with Gasteiger partial charge in [0.1, 0.15) is 4.83 Å². The smallest absolute Gasteiger partial charge is 0.263 e. The molecule has 0 aliphatic carbocycles. The van der Waals surface area contributed by atoms with E-state index in [4.69, 9.17) is 9.40 Å². The quantitative estimate of drug-likeness (QED) is 0.221. The number of hydrogen-bond acceptors (Lipinski definition) is 7. The van der Waals surface area contributed by atoms with Crippen molar-refractivity contribution in [3.8, 4) is 11.5 Å². The molecule has 8 heteroatoms. The number of thioether (sulfide) groups is 1. The summed E-state index contributed by atoms with van der Waals surface area (Å²) < 4.78 is 7.70. The summed E-state index contributed by atoms with van der Waals surface area (Å²) in [5.41, 5.74) is 2.90. The standard InChI is InChI=1S/C25H22N4O2S2/c1-15-16(2)32-23-20(15)24(30)29(14-18-10-6-4-7-11-18)25(26-23)33-17(3)21-27-28-22(31-21)19-12-8-5-9-13-19/h4-13,17H,14H2,1-3H3/t17-/m0/s1. The number of aryl methyl sites for hydroxylation is 2. The van der Waals surface area contributed by atoms with Crippen molar-refractivity contribution in [2.24, 2.45) is 0 Å². The summed E-state index contributed by atoms with van der Waals surface area (Å²) in [7, 11) is 0. The third kappa shape index (κ3) is 4.24. The van der Waals surface area contributed by atoms with Gasteiger partial charge in [-0.15, -0.1) is 21.5 Å². The molecule has 0 saturated carbocycles. The molecule has 0 bridgehead atoms. The van der Waals surface area contributed by atoms with Crippen molar-refractivity contribution in [1.82, 2.24) is 19.7 Å². The fourth-order valence-corrected chi connectivity index (χ4v) is 5.62. The van der Waals surface area contributed by atoms with Gasteiger partial charge in [0, 0.05) is 10.4 Å². The molecular weight excluding hydrogens is 452 g/mol. The van der Waals surface area contributed by atoms with Crippen LogP contribution in [0.4, 0.5) is 0 Å². The number of rotatable bonds is 6. The molecule has 166 valence electrons. The van der Waals surface area contributed by atoms with E-state index < -0.39 is 0 Å². The molecule has 33 heavy (non-hydrogen) atoms. The molecule has 0 fully saturated rings. The van der Waals surface area contributed by atoms with Crippen molar-refractivity contribution < 1.29 is 4.42 Å². The maximum absolute atomic E-state index is 13.6. The van der Waals surface area contributed by atoms with Crippen LogP contribution in [0.15, 0.2) is 75.0 Å². The van der Waals surface area contributed by atoms with E-state index >= 15 is 0 Å². The van der Waals surface area contributed by atoms with Crippen molar-refractivity contribution in [1.29, 1.82) is 0 Å². The van der Waals surface area contributed by atoms with Crippen LogP contribution in [0.3, 0.4) is 0 Å². The Bertz CT molecular complexity index is 1470. The zero-order valence-electron chi connectivity index (χ0n) is 18.5. The minimum absolute atomic E-state index is 0.0177. The fraction of sp³-hybridized carbons (Fsp3) is 0.200. The molecule has 0 spiro atoms. The van der Waals surface area contributed by atoms with E-state index in [1.54, 1.807) is 15.9 Å². The normalized spacial score (nSPS) is 12.3. The number of thiophene rings is 1. The van der Waals surface area contributed by atoms with Crippen molar-refractivity contribution in [2.45, 2.75) is 37.7 Å². The lowest BCUT2D eigenvalue weighted by Crippen LogP contribution is -2.24. The maximum Gasteiger partial charge on any atom is 0.263 e. The third-order valence-corrected chi connectivity index (χ3v) is 7.71. The van der Waals surface area contributed by atoms with Gasteiger partial charge < -0.3 is 4.42 Å². The lowest BCUT2D eigenvalue weighted by molar-refractivity contribution is 0.508. The highest BCUT2D eigenvalue weighted by Gasteiger charge is 2.22. The molecule has 5 rings (SSSR count). The molecule has 5 aromatic rings.